The highest BCUT2D eigenvalue weighted by atomic mass is 35.5. The van der Waals surface area contributed by atoms with Crippen molar-refractivity contribution in [2.45, 2.75) is 19.0 Å². The molecule has 20 heavy (non-hydrogen) atoms. The Kier molecular flexibility index (Phi) is 7.34. The van der Waals surface area contributed by atoms with E-state index in [0.717, 1.165) is 12.0 Å². The maximum Gasteiger partial charge on any atom is 0.411 e. The van der Waals surface area contributed by atoms with Crippen LogP contribution >= 0.6 is 11.6 Å². The van der Waals surface area contributed by atoms with Crippen molar-refractivity contribution in [2.75, 3.05) is 26.8 Å². The molecule has 1 aromatic carbocycles. The van der Waals surface area contributed by atoms with Gasteiger partial charge in [-0.25, -0.2) is 0 Å². The van der Waals surface area contributed by atoms with Gasteiger partial charge in [0.1, 0.15) is 6.61 Å². The molecule has 0 spiro atoms. The molecule has 1 rings (SSSR count). The highest BCUT2D eigenvalue weighted by Crippen LogP contribution is 2.21. The van der Waals surface area contributed by atoms with Crippen LogP contribution in [0.25, 0.3) is 0 Å². The van der Waals surface area contributed by atoms with Gasteiger partial charge >= 0.3 is 6.18 Å². The summed E-state index contributed by atoms with van der Waals surface area (Å²) in [4.78, 5) is 0. The predicted molar refractivity (Wildman–Crippen MR) is 74.1 cm³/mol. The highest BCUT2D eigenvalue weighted by Gasteiger charge is 2.27. The molecule has 0 aliphatic rings. The van der Waals surface area contributed by atoms with E-state index in [1.807, 2.05) is 31.3 Å². The summed E-state index contributed by atoms with van der Waals surface area (Å²) < 4.78 is 40.6. The van der Waals surface area contributed by atoms with Gasteiger partial charge in [0.05, 0.1) is 0 Å². The molecule has 0 saturated carbocycles. The van der Waals surface area contributed by atoms with Crippen LogP contribution in [0.2, 0.25) is 5.02 Å². The lowest BCUT2D eigenvalue weighted by atomic mass is 9.96. The van der Waals surface area contributed by atoms with Crippen LogP contribution in [0.1, 0.15) is 12.0 Å². The van der Waals surface area contributed by atoms with Gasteiger partial charge in [0.2, 0.25) is 0 Å². The van der Waals surface area contributed by atoms with E-state index in [0.29, 0.717) is 18.0 Å². The van der Waals surface area contributed by atoms with E-state index in [1.54, 1.807) is 0 Å². The zero-order valence-electron chi connectivity index (χ0n) is 11.3. The second-order valence-electron chi connectivity index (χ2n) is 4.68. The zero-order valence-corrected chi connectivity index (χ0v) is 12.1. The summed E-state index contributed by atoms with van der Waals surface area (Å²) in [7, 11) is 1.82. The van der Waals surface area contributed by atoms with Crippen molar-refractivity contribution in [3.8, 4) is 0 Å². The maximum atomic E-state index is 12.0. The normalized spacial score (nSPS) is 13.4. The summed E-state index contributed by atoms with van der Waals surface area (Å²) in [5.74, 6) is 0.188. The largest absolute Gasteiger partial charge is 0.411 e. The van der Waals surface area contributed by atoms with Crippen molar-refractivity contribution >= 4 is 11.6 Å². The van der Waals surface area contributed by atoms with Crippen LogP contribution in [0.4, 0.5) is 13.2 Å². The van der Waals surface area contributed by atoms with E-state index in [1.165, 1.54) is 0 Å². The minimum Gasteiger partial charge on any atom is -0.372 e. The van der Waals surface area contributed by atoms with Crippen LogP contribution in [0.15, 0.2) is 24.3 Å². The number of hydrogen-bond acceptors (Lipinski definition) is 2. The Labute approximate surface area is 122 Å². The van der Waals surface area contributed by atoms with Crippen molar-refractivity contribution in [2.24, 2.45) is 5.92 Å². The zero-order chi connectivity index (χ0) is 15.0. The first-order chi connectivity index (χ1) is 9.42. The third kappa shape index (κ3) is 7.12. The van der Waals surface area contributed by atoms with Crippen LogP contribution in [0.5, 0.6) is 0 Å². The summed E-state index contributed by atoms with van der Waals surface area (Å²) in [5, 5.41) is 3.73. The average molecular weight is 310 g/mol. The fourth-order valence-electron chi connectivity index (χ4n) is 1.98. The number of benzene rings is 1. The van der Waals surface area contributed by atoms with E-state index in [4.69, 9.17) is 11.6 Å². The molecule has 0 aliphatic heterocycles. The lowest BCUT2D eigenvalue weighted by Crippen LogP contribution is -2.24. The van der Waals surface area contributed by atoms with Gasteiger partial charge in [0, 0.05) is 11.6 Å². The summed E-state index contributed by atoms with van der Waals surface area (Å²) >= 11 is 6.09. The van der Waals surface area contributed by atoms with Gasteiger partial charge in [-0.2, -0.15) is 13.2 Å². The average Bonchev–Trinajstić information content (AvgIpc) is 2.36. The number of ether oxygens (including phenoxy) is 1. The molecule has 0 heterocycles. The summed E-state index contributed by atoms with van der Waals surface area (Å²) in [6.45, 7) is -0.387. The van der Waals surface area contributed by atoms with E-state index in [-0.39, 0.29) is 12.5 Å². The Morgan fingerprint density at radius 3 is 2.60 bits per heavy atom. The van der Waals surface area contributed by atoms with Crippen LogP contribution in [-0.4, -0.2) is 33.0 Å². The van der Waals surface area contributed by atoms with Crippen LogP contribution in [0, 0.1) is 5.92 Å². The Balaban J connectivity index is 2.43. The fourth-order valence-corrected chi connectivity index (χ4v) is 2.19. The third-order valence-corrected chi connectivity index (χ3v) is 3.26. The monoisotopic (exact) mass is 309 g/mol. The lowest BCUT2D eigenvalue weighted by Gasteiger charge is -2.17. The summed E-state index contributed by atoms with van der Waals surface area (Å²) in [6, 6.07) is 7.50. The molecule has 1 N–H and O–H groups in total. The topological polar surface area (TPSA) is 21.3 Å². The number of rotatable bonds is 8. The molecule has 0 amide bonds. The van der Waals surface area contributed by atoms with Crippen molar-refractivity contribution < 1.29 is 17.9 Å². The van der Waals surface area contributed by atoms with Crippen molar-refractivity contribution in [3.05, 3.63) is 34.9 Å². The molecule has 1 aromatic rings. The van der Waals surface area contributed by atoms with Crippen molar-refractivity contribution in [1.82, 2.24) is 5.32 Å². The number of nitrogens with one attached hydrogen (secondary N) is 1. The van der Waals surface area contributed by atoms with Crippen molar-refractivity contribution in [3.63, 3.8) is 0 Å². The molecule has 6 heteroatoms. The molecule has 0 saturated heterocycles. The smallest absolute Gasteiger partial charge is 0.372 e. The van der Waals surface area contributed by atoms with Gasteiger partial charge in [-0.05, 0) is 44.0 Å². The molecule has 2 nitrogen and oxygen atoms in total. The quantitative estimate of drug-likeness (QED) is 0.740. The molecule has 114 valence electrons. The van der Waals surface area contributed by atoms with E-state index < -0.39 is 12.8 Å². The Morgan fingerprint density at radius 2 is 2.00 bits per heavy atom. The standard InChI is InChI=1S/C14H19ClF3NO/c1-19-9-11(6-7-20-10-14(16,17)18)8-12-4-2-3-5-13(12)15/h2-5,11,19H,6-10H2,1H3. The minimum absolute atomic E-state index is 0.0936. The van der Waals surface area contributed by atoms with Gasteiger partial charge in [-0.3, -0.25) is 0 Å². The number of alkyl halides is 3. The molecule has 0 aliphatic carbocycles. The van der Waals surface area contributed by atoms with Crippen LogP contribution < -0.4 is 5.32 Å². The van der Waals surface area contributed by atoms with Crippen LogP contribution in [0.3, 0.4) is 0 Å². The van der Waals surface area contributed by atoms with E-state index in [9.17, 15) is 13.2 Å². The van der Waals surface area contributed by atoms with Gasteiger partial charge in [0.15, 0.2) is 0 Å². The summed E-state index contributed by atoms with van der Waals surface area (Å²) in [6.07, 6.45) is -2.99. The van der Waals surface area contributed by atoms with Gasteiger partial charge < -0.3 is 10.1 Å². The molecule has 1 atom stereocenters. The number of hydrogen-bond donors (Lipinski definition) is 1. The van der Waals surface area contributed by atoms with E-state index in [2.05, 4.69) is 10.1 Å². The van der Waals surface area contributed by atoms with Gasteiger partial charge in [-0.15, -0.1) is 0 Å². The van der Waals surface area contributed by atoms with Gasteiger partial charge in [0.25, 0.3) is 0 Å². The number of halogens is 4. The van der Waals surface area contributed by atoms with E-state index >= 15 is 0 Å². The lowest BCUT2D eigenvalue weighted by molar-refractivity contribution is -0.174. The second kappa shape index (κ2) is 8.49. The first-order valence-corrected chi connectivity index (χ1v) is 6.82. The molecule has 0 bridgehead atoms. The minimum atomic E-state index is -4.26. The molecule has 1 unspecified atom stereocenters. The Morgan fingerprint density at radius 1 is 1.30 bits per heavy atom. The fraction of sp³-hybridized carbons (Fsp3) is 0.571. The third-order valence-electron chi connectivity index (χ3n) is 2.90. The SMILES string of the molecule is CNCC(CCOCC(F)(F)F)Cc1ccccc1Cl. The van der Waals surface area contributed by atoms with Gasteiger partial charge in [-0.1, -0.05) is 29.8 Å². The van der Waals surface area contributed by atoms with Crippen molar-refractivity contribution in [1.29, 1.82) is 0 Å². The predicted octanol–water partition coefficient (Wildman–Crippen LogP) is 3.69. The molecule has 0 aromatic heterocycles. The molecule has 0 radical (unpaired) electrons. The molecule has 0 fully saturated rings. The summed E-state index contributed by atoms with van der Waals surface area (Å²) in [5.41, 5.74) is 1.00. The van der Waals surface area contributed by atoms with Crippen LogP contribution in [-0.2, 0) is 11.2 Å². The molecular formula is C14H19ClF3NO. The first kappa shape index (κ1) is 17.3. The molecular weight excluding hydrogens is 291 g/mol. The first-order valence-electron chi connectivity index (χ1n) is 6.45. The Hall–Kier alpha value is -0.780. The maximum absolute atomic E-state index is 12.0. The second-order valence-corrected chi connectivity index (χ2v) is 5.08. The highest BCUT2D eigenvalue weighted by molar-refractivity contribution is 6.31. The Bertz CT molecular complexity index is 398.